The van der Waals surface area contributed by atoms with E-state index in [-0.39, 0.29) is 24.4 Å². The van der Waals surface area contributed by atoms with E-state index in [1.54, 1.807) is 31.4 Å². The maximum absolute atomic E-state index is 12.2. The predicted octanol–water partition coefficient (Wildman–Crippen LogP) is 3.05. The Morgan fingerprint density at radius 3 is 2.35 bits per heavy atom. The summed E-state index contributed by atoms with van der Waals surface area (Å²) in [5.41, 5.74) is 0.605. The Labute approximate surface area is 143 Å². The topological polar surface area (TPSA) is 54.7 Å². The van der Waals surface area contributed by atoms with Gasteiger partial charge in [0.15, 0.2) is 0 Å². The third-order valence-electron chi connectivity index (χ3n) is 3.52. The number of likely N-dealkylation sites (N-methyl/N-ethyl adjacent to an activating group) is 1. The van der Waals surface area contributed by atoms with Crippen LogP contribution in [0.15, 0.2) is 40.8 Å². The molecule has 126 valence electrons. The summed E-state index contributed by atoms with van der Waals surface area (Å²) in [6.07, 6.45) is 0. The highest BCUT2D eigenvalue weighted by Crippen LogP contribution is 2.20. The second kappa shape index (κ2) is 8.60. The standard InChI is InChI=1S/C17H22N2O3.ClH/c1-12-5-10-16(22-12)15(19(2)3)11-18-17(20)13-6-8-14(21-4)9-7-13;/h5-10,15H,11H2,1-4H3,(H,18,20);1H. The average molecular weight is 339 g/mol. The Kier molecular flexibility index (Phi) is 7.13. The molecule has 0 aliphatic rings. The van der Waals surface area contributed by atoms with Crippen LogP contribution in [0, 0.1) is 6.92 Å². The molecule has 2 aromatic rings. The van der Waals surface area contributed by atoms with Gasteiger partial charge in [0.2, 0.25) is 0 Å². The van der Waals surface area contributed by atoms with Crippen LogP contribution in [0.3, 0.4) is 0 Å². The minimum absolute atomic E-state index is 0. The largest absolute Gasteiger partial charge is 0.497 e. The highest BCUT2D eigenvalue weighted by molar-refractivity contribution is 5.94. The van der Waals surface area contributed by atoms with Gasteiger partial charge in [-0.15, -0.1) is 12.4 Å². The summed E-state index contributed by atoms with van der Waals surface area (Å²) in [6.45, 7) is 2.39. The maximum Gasteiger partial charge on any atom is 0.251 e. The van der Waals surface area contributed by atoms with Crippen molar-refractivity contribution in [3.05, 3.63) is 53.5 Å². The van der Waals surface area contributed by atoms with Crippen LogP contribution < -0.4 is 10.1 Å². The minimum atomic E-state index is -0.113. The molecular formula is C17H23ClN2O3. The van der Waals surface area contributed by atoms with Crippen molar-refractivity contribution in [3.63, 3.8) is 0 Å². The van der Waals surface area contributed by atoms with E-state index in [4.69, 9.17) is 9.15 Å². The number of carbonyl (C=O) groups is 1. The van der Waals surface area contributed by atoms with Crippen molar-refractivity contribution in [1.82, 2.24) is 10.2 Å². The van der Waals surface area contributed by atoms with Crippen LogP contribution in [0.2, 0.25) is 0 Å². The summed E-state index contributed by atoms with van der Waals surface area (Å²) in [7, 11) is 5.52. The van der Waals surface area contributed by atoms with Gasteiger partial charge in [0.05, 0.1) is 13.2 Å². The molecule has 0 aliphatic carbocycles. The monoisotopic (exact) mass is 338 g/mol. The van der Waals surface area contributed by atoms with Crippen molar-refractivity contribution >= 4 is 18.3 Å². The van der Waals surface area contributed by atoms with Crippen LogP contribution in [-0.4, -0.2) is 38.6 Å². The molecule has 1 N–H and O–H groups in total. The molecule has 0 radical (unpaired) electrons. The Hall–Kier alpha value is -1.98. The second-order valence-corrected chi connectivity index (χ2v) is 5.37. The van der Waals surface area contributed by atoms with Gasteiger partial charge in [-0.2, -0.15) is 0 Å². The first kappa shape index (κ1) is 19.1. The highest BCUT2D eigenvalue weighted by Gasteiger charge is 2.19. The molecule has 1 unspecified atom stereocenters. The summed E-state index contributed by atoms with van der Waals surface area (Å²) >= 11 is 0. The summed E-state index contributed by atoms with van der Waals surface area (Å²) in [5, 5.41) is 2.94. The van der Waals surface area contributed by atoms with Gasteiger partial charge in [-0.05, 0) is 57.4 Å². The number of rotatable bonds is 6. The first-order valence-electron chi connectivity index (χ1n) is 7.16. The van der Waals surface area contributed by atoms with E-state index in [2.05, 4.69) is 5.32 Å². The number of methoxy groups -OCH3 is 1. The Morgan fingerprint density at radius 1 is 1.22 bits per heavy atom. The molecule has 6 heteroatoms. The molecule has 0 fully saturated rings. The zero-order valence-electron chi connectivity index (χ0n) is 13.8. The lowest BCUT2D eigenvalue weighted by molar-refractivity contribution is 0.0939. The molecule has 23 heavy (non-hydrogen) atoms. The van der Waals surface area contributed by atoms with Gasteiger partial charge in [-0.25, -0.2) is 0 Å². The normalized spacial score (nSPS) is 11.7. The van der Waals surface area contributed by atoms with Crippen molar-refractivity contribution in [1.29, 1.82) is 0 Å². The number of aryl methyl sites for hydroxylation is 1. The maximum atomic E-state index is 12.2. The number of nitrogens with one attached hydrogen (secondary N) is 1. The molecule has 1 aromatic heterocycles. The molecule has 2 rings (SSSR count). The summed E-state index contributed by atoms with van der Waals surface area (Å²) in [4.78, 5) is 14.2. The number of ether oxygens (including phenoxy) is 1. The van der Waals surface area contributed by atoms with Crippen molar-refractivity contribution in [2.75, 3.05) is 27.7 Å². The fraction of sp³-hybridized carbons (Fsp3) is 0.353. The Balaban J connectivity index is 0.00000264. The van der Waals surface area contributed by atoms with E-state index in [0.717, 1.165) is 17.3 Å². The number of nitrogens with zero attached hydrogens (tertiary/aromatic N) is 1. The third-order valence-corrected chi connectivity index (χ3v) is 3.52. The molecule has 0 spiro atoms. The summed E-state index contributed by atoms with van der Waals surface area (Å²) < 4.78 is 10.8. The van der Waals surface area contributed by atoms with E-state index in [0.29, 0.717) is 12.1 Å². The Bertz CT molecular complexity index is 623. The summed E-state index contributed by atoms with van der Waals surface area (Å²) in [5.74, 6) is 2.33. The van der Waals surface area contributed by atoms with E-state index in [1.807, 2.05) is 38.1 Å². The molecule has 0 saturated carbocycles. The average Bonchev–Trinajstić information content (AvgIpc) is 2.93. The number of carbonyl (C=O) groups excluding carboxylic acids is 1. The molecule has 1 amide bonds. The molecule has 0 aliphatic heterocycles. The number of hydrogen-bond donors (Lipinski definition) is 1. The molecule has 1 aromatic carbocycles. The van der Waals surface area contributed by atoms with Gasteiger partial charge in [0.25, 0.3) is 5.91 Å². The van der Waals surface area contributed by atoms with Crippen molar-refractivity contribution in [2.24, 2.45) is 0 Å². The zero-order chi connectivity index (χ0) is 16.1. The number of furan rings is 1. The fourth-order valence-electron chi connectivity index (χ4n) is 2.20. The lowest BCUT2D eigenvalue weighted by atomic mass is 10.1. The summed E-state index contributed by atoms with van der Waals surface area (Å²) in [6, 6.07) is 10.9. The van der Waals surface area contributed by atoms with Crippen LogP contribution in [0.5, 0.6) is 5.75 Å². The van der Waals surface area contributed by atoms with E-state index in [1.165, 1.54) is 0 Å². The fourth-order valence-corrected chi connectivity index (χ4v) is 2.20. The van der Waals surface area contributed by atoms with Gasteiger partial charge < -0.3 is 14.5 Å². The van der Waals surface area contributed by atoms with Gasteiger partial charge in [-0.3, -0.25) is 9.69 Å². The number of hydrogen-bond acceptors (Lipinski definition) is 4. The number of amides is 1. The molecule has 0 saturated heterocycles. The van der Waals surface area contributed by atoms with Gasteiger partial charge in [0, 0.05) is 12.1 Å². The van der Waals surface area contributed by atoms with Crippen molar-refractivity contribution in [3.8, 4) is 5.75 Å². The van der Waals surface area contributed by atoms with Crippen LogP contribution in [0.1, 0.15) is 27.9 Å². The first-order chi connectivity index (χ1) is 10.5. The SMILES string of the molecule is COc1ccc(C(=O)NCC(c2ccc(C)o2)N(C)C)cc1.Cl. The molecular weight excluding hydrogens is 316 g/mol. The molecule has 0 bridgehead atoms. The third kappa shape index (κ3) is 5.01. The van der Waals surface area contributed by atoms with E-state index in [9.17, 15) is 4.79 Å². The molecule has 1 heterocycles. The van der Waals surface area contributed by atoms with E-state index < -0.39 is 0 Å². The van der Waals surface area contributed by atoms with Crippen LogP contribution in [0.25, 0.3) is 0 Å². The Morgan fingerprint density at radius 2 is 1.87 bits per heavy atom. The lowest BCUT2D eigenvalue weighted by Gasteiger charge is -2.22. The van der Waals surface area contributed by atoms with Gasteiger partial charge in [-0.1, -0.05) is 0 Å². The van der Waals surface area contributed by atoms with Gasteiger partial charge in [0.1, 0.15) is 17.3 Å². The molecule has 1 atom stereocenters. The highest BCUT2D eigenvalue weighted by atomic mass is 35.5. The van der Waals surface area contributed by atoms with Gasteiger partial charge >= 0.3 is 0 Å². The minimum Gasteiger partial charge on any atom is -0.497 e. The first-order valence-corrected chi connectivity index (χ1v) is 7.16. The van der Waals surface area contributed by atoms with Crippen molar-refractivity contribution < 1.29 is 13.9 Å². The number of halogens is 1. The lowest BCUT2D eigenvalue weighted by Crippen LogP contribution is -2.34. The quantitative estimate of drug-likeness (QED) is 0.879. The van der Waals surface area contributed by atoms with E-state index >= 15 is 0 Å². The zero-order valence-corrected chi connectivity index (χ0v) is 14.6. The second-order valence-electron chi connectivity index (χ2n) is 5.37. The van der Waals surface area contributed by atoms with Crippen LogP contribution in [-0.2, 0) is 0 Å². The van der Waals surface area contributed by atoms with Crippen LogP contribution in [0.4, 0.5) is 0 Å². The number of benzene rings is 1. The van der Waals surface area contributed by atoms with Crippen molar-refractivity contribution in [2.45, 2.75) is 13.0 Å². The molecule has 5 nitrogen and oxygen atoms in total. The smallest absolute Gasteiger partial charge is 0.251 e. The van der Waals surface area contributed by atoms with Crippen LogP contribution >= 0.6 is 12.4 Å². The predicted molar refractivity (Wildman–Crippen MR) is 92.4 cm³/mol.